The van der Waals surface area contributed by atoms with E-state index < -0.39 is 9.84 Å². The molecule has 3 aromatic carbocycles. The van der Waals surface area contributed by atoms with Crippen molar-refractivity contribution in [2.75, 3.05) is 11.9 Å². The van der Waals surface area contributed by atoms with Crippen LogP contribution in [0.3, 0.4) is 0 Å². The van der Waals surface area contributed by atoms with E-state index in [-0.39, 0.29) is 27.9 Å². The molecular formula is C25H18ClFN2O3S. The average Bonchev–Trinajstić information content (AvgIpc) is 2.80. The summed E-state index contributed by atoms with van der Waals surface area (Å²) in [6.07, 6.45) is 0.379. The standard InChI is InChI=1S/C25H18ClFN2O3S/c1-29-21-11-8-16(26)13-23(21)33(31,32)14-22(29)24-25(30)19-5-3-2-4-18(19)20(28-24)12-15-6-9-17(27)10-7-15/h2-11,13-14,30H,12H2,1H3. The first-order valence-electron chi connectivity index (χ1n) is 10.1. The van der Waals surface area contributed by atoms with Gasteiger partial charge in [-0.15, -0.1) is 0 Å². The first-order valence-corrected chi connectivity index (χ1v) is 12.0. The van der Waals surface area contributed by atoms with E-state index in [0.717, 1.165) is 16.4 Å². The summed E-state index contributed by atoms with van der Waals surface area (Å²) in [7, 11) is -2.11. The molecule has 1 N–H and O–H groups in total. The van der Waals surface area contributed by atoms with Crippen molar-refractivity contribution in [2.24, 2.45) is 0 Å². The fourth-order valence-corrected chi connectivity index (χ4v) is 5.77. The number of aromatic hydroxyl groups is 1. The molecule has 0 amide bonds. The van der Waals surface area contributed by atoms with E-state index in [1.54, 1.807) is 48.3 Å². The number of halogens is 2. The Morgan fingerprint density at radius 3 is 2.45 bits per heavy atom. The number of hydrogen-bond donors (Lipinski definition) is 1. The lowest BCUT2D eigenvalue weighted by atomic mass is 10.0. The van der Waals surface area contributed by atoms with Gasteiger partial charge in [-0.25, -0.2) is 17.8 Å². The molecule has 4 aromatic rings. The largest absolute Gasteiger partial charge is 0.505 e. The first kappa shape index (κ1) is 21.4. The Morgan fingerprint density at radius 1 is 1.03 bits per heavy atom. The van der Waals surface area contributed by atoms with E-state index in [4.69, 9.17) is 16.6 Å². The fraction of sp³-hybridized carbons (Fsp3) is 0.0800. The molecule has 1 aromatic heterocycles. The first-order chi connectivity index (χ1) is 15.7. The van der Waals surface area contributed by atoms with Gasteiger partial charge in [-0.1, -0.05) is 48.0 Å². The van der Waals surface area contributed by atoms with Gasteiger partial charge in [-0.3, -0.25) is 0 Å². The number of benzene rings is 3. The Hall–Kier alpha value is -3.42. The predicted octanol–water partition coefficient (Wildman–Crippen LogP) is 5.55. The molecular weight excluding hydrogens is 463 g/mol. The smallest absolute Gasteiger partial charge is 0.204 e. The topological polar surface area (TPSA) is 70.5 Å². The van der Waals surface area contributed by atoms with Crippen LogP contribution in [0.2, 0.25) is 5.02 Å². The van der Waals surface area contributed by atoms with Gasteiger partial charge in [0.2, 0.25) is 9.84 Å². The molecule has 5 nitrogen and oxygen atoms in total. The van der Waals surface area contributed by atoms with Gasteiger partial charge in [0.25, 0.3) is 0 Å². The van der Waals surface area contributed by atoms with Gasteiger partial charge in [0.05, 0.1) is 27.4 Å². The number of fused-ring (bicyclic) bond motifs is 2. The fourth-order valence-electron chi connectivity index (χ4n) is 4.05. The Balaban J connectivity index is 1.72. The SMILES string of the molecule is CN1C(c2nc(Cc3ccc(F)cc3)c3ccccc3c2O)=CS(=O)(=O)c2cc(Cl)ccc21. The van der Waals surface area contributed by atoms with Crippen LogP contribution < -0.4 is 4.90 Å². The predicted molar refractivity (Wildman–Crippen MR) is 128 cm³/mol. The van der Waals surface area contributed by atoms with Gasteiger partial charge in [0.1, 0.15) is 11.5 Å². The normalized spacial score (nSPS) is 14.8. The third-order valence-electron chi connectivity index (χ3n) is 5.71. The van der Waals surface area contributed by atoms with Crippen LogP contribution in [-0.4, -0.2) is 25.6 Å². The highest BCUT2D eigenvalue weighted by Crippen LogP contribution is 2.42. The molecule has 0 atom stereocenters. The van der Waals surface area contributed by atoms with Crippen LogP contribution in [0.4, 0.5) is 10.1 Å². The summed E-state index contributed by atoms with van der Waals surface area (Å²) in [4.78, 5) is 6.47. The minimum absolute atomic E-state index is 0.0908. The van der Waals surface area contributed by atoms with Crippen molar-refractivity contribution in [3.8, 4) is 5.75 Å². The van der Waals surface area contributed by atoms with E-state index in [2.05, 4.69) is 0 Å². The molecule has 1 aliphatic rings. The maximum absolute atomic E-state index is 13.4. The van der Waals surface area contributed by atoms with Crippen molar-refractivity contribution < 1.29 is 17.9 Å². The van der Waals surface area contributed by atoms with E-state index in [0.29, 0.717) is 28.2 Å². The zero-order valence-electron chi connectivity index (χ0n) is 17.5. The van der Waals surface area contributed by atoms with Crippen LogP contribution in [0.5, 0.6) is 5.75 Å². The van der Waals surface area contributed by atoms with Gasteiger partial charge >= 0.3 is 0 Å². The van der Waals surface area contributed by atoms with Crippen LogP contribution in [0.25, 0.3) is 16.5 Å². The summed E-state index contributed by atoms with van der Waals surface area (Å²) in [5.74, 6) is -0.444. The van der Waals surface area contributed by atoms with Gasteiger partial charge in [-0.2, -0.15) is 0 Å². The quantitative estimate of drug-likeness (QED) is 0.416. The van der Waals surface area contributed by atoms with Crippen molar-refractivity contribution in [3.63, 3.8) is 0 Å². The number of nitrogens with zero attached hydrogens (tertiary/aromatic N) is 2. The van der Waals surface area contributed by atoms with Crippen molar-refractivity contribution >= 4 is 43.6 Å². The Bertz CT molecular complexity index is 1550. The zero-order valence-corrected chi connectivity index (χ0v) is 19.0. The lowest BCUT2D eigenvalue weighted by molar-refractivity contribution is 0.476. The molecule has 0 aliphatic carbocycles. The van der Waals surface area contributed by atoms with Crippen molar-refractivity contribution in [3.05, 3.63) is 99.9 Å². The highest BCUT2D eigenvalue weighted by molar-refractivity contribution is 7.94. The van der Waals surface area contributed by atoms with E-state index in [1.807, 2.05) is 12.1 Å². The number of hydrogen-bond acceptors (Lipinski definition) is 5. The number of pyridine rings is 1. The lowest BCUT2D eigenvalue weighted by Gasteiger charge is -2.29. The number of rotatable bonds is 3. The van der Waals surface area contributed by atoms with Crippen LogP contribution >= 0.6 is 11.6 Å². The van der Waals surface area contributed by atoms with Crippen LogP contribution in [-0.2, 0) is 16.3 Å². The summed E-state index contributed by atoms with van der Waals surface area (Å²) in [5, 5.41) is 13.8. The second-order valence-electron chi connectivity index (χ2n) is 7.82. The van der Waals surface area contributed by atoms with E-state index >= 15 is 0 Å². The molecule has 0 fully saturated rings. The van der Waals surface area contributed by atoms with E-state index in [9.17, 15) is 17.9 Å². The van der Waals surface area contributed by atoms with Gasteiger partial charge < -0.3 is 10.0 Å². The number of anilines is 1. The van der Waals surface area contributed by atoms with Gasteiger partial charge in [0.15, 0.2) is 5.75 Å². The maximum Gasteiger partial charge on any atom is 0.204 e. The summed E-state index contributed by atoms with van der Waals surface area (Å²) >= 11 is 6.02. The molecule has 1 aliphatic heterocycles. The Morgan fingerprint density at radius 2 is 1.73 bits per heavy atom. The van der Waals surface area contributed by atoms with Crippen LogP contribution in [0.1, 0.15) is 17.0 Å². The molecule has 33 heavy (non-hydrogen) atoms. The van der Waals surface area contributed by atoms with Gasteiger partial charge in [-0.05, 0) is 35.9 Å². The van der Waals surface area contributed by atoms with Crippen LogP contribution in [0, 0.1) is 5.82 Å². The molecule has 166 valence electrons. The molecule has 0 saturated heterocycles. The average molecular weight is 481 g/mol. The molecule has 0 radical (unpaired) electrons. The third-order valence-corrected chi connectivity index (χ3v) is 7.42. The lowest BCUT2D eigenvalue weighted by Crippen LogP contribution is -2.24. The number of aromatic nitrogens is 1. The number of sulfone groups is 1. The highest BCUT2D eigenvalue weighted by Gasteiger charge is 2.31. The minimum atomic E-state index is -3.82. The Kier molecular flexibility index (Phi) is 5.11. The molecule has 8 heteroatoms. The second-order valence-corrected chi connectivity index (χ2v) is 10.0. The third kappa shape index (κ3) is 3.73. The van der Waals surface area contributed by atoms with Gasteiger partial charge in [0, 0.05) is 29.3 Å². The Labute approximate surface area is 195 Å². The molecule has 0 bridgehead atoms. The molecule has 0 unspecified atom stereocenters. The summed E-state index contributed by atoms with van der Waals surface area (Å²) in [6.45, 7) is 0. The molecule has 0 saturated carbocycles. The van der Waals surface area contributed by atoms with Crippen molar-refractivity contribution in [1.29, 1.82) is 0 Å². The van der Waals surface area contributed by atoms with Crippen molar-refractivity contribution in [1.82, 2.24) is 4.98 Å². The minimum Gasteiger partial charge on any atom is -0.505 e. The molecule has 0 spiro atoms. The van der Waals surface area contributed by atoms with Crippen molar-refractivity contribution in [2.45, 2.75) is 11.3 Å². The second kappa shape index (κ2) is 7.86. The monoisotopic (exact) mass is 480 g/mol. The summed E-state index contributed by atoms with van der Waals surface area (Å²) in [6, 6.07) is 18.0. The molecule has 5 rings (SSSR count). The summed E-state index contributed by atoms with van der Waals surface area (Å²) < 4.78 is 39.4. The molecule has 2 heterocycles. The summed E-state index contributed by atoms with van der Waals surface area (Å²) in [5.41, 5.74) is 2.31. The maximum atomic E-state index is 13.4. The van der Waals surface area contributed by atoms with E-state index in [1.165, 1.54) is 18.2 Å². The van der Waals surface area contributed by atoms with Crippen LogP contribution in [0.15, 0.2) is 77.0 Å². The highest BCUT2D eigenvalue weighted by atomic mass is 35.5. The zero-order chi connectivity index (χ0) is 23.3.